The Morgan fingerprint density at radius 1 is 1.06 bits per heavy atom. The van der Waals surface area contributed by atoms with Crippen molar-refractivity contribution in [1.82, 2.24) is 14.8 Å². The highest BCUT2D eigenvalue weighted by Gasteiger charge is 2.34. The van der Waals surface area contributed by atoms with Crippen molar-refractivity contribution in [1.29, 1.82) is 0 Å². The lowest BCUT2D eigenvalue weighted by Gasteiger charge is -2.28. The number of fused-ring (bicyclic) bond motifs is 1. The molecule has 1 amide bonds. The Morgan fingerprint density at radius 2 is 1.85 bits per heavy atom. The highest BCUT2D eigenvalue weighted by Crippen LogP contribution is 2.37. The fourth-order valence-corrected chi connectivity index (χ4v) is 4.33. The van der Waals surface area contributed by atoms with Gasteiger partial charge in [0.15, 0.2) is 5.82 Å². The highest BCUT2D eigenvalue weighted by molar-refractivity contribution is 9.10. The van der Waals surface area contributed by atoms with Gasteiger partial charge in [0.2, 0.25) is 5.95 Å². The van der Waals surface area contributed by atoms with Crippen molar-refractivity contribution in [3.8, 4) is 17.1 Å². The highest BCUT2D eigenvalue weighted by atomic mass is 79.9. The maximum Gasteiger partial charge on any atom is 0.255 e. The van der Waals surface area contributed by atoms with Crippen molar-refractivity contribution in [2.75, 3.05) is 10.6 Å². The number of allylic oxidation sites excluding steroid dienone is 1. The molecule has 3 N–H and O–H groups in total. The molecule has 8 heteroatoms. The van der Waals surface area contributed by atoms with E-state index in [0.29, 0.717) is 34.3 Å². The second-order valence-corrected chi connectivity index (χ2v) is 8.61. The average Bonchev–Trinajstić information content (AvgIpc) is 3.22. The standard InChI is InChI=1S/C25H20BrN5O2/c1-15-21(24(33)28-19-10-3-2-4-11-19)22(16-7-5-9-18(26)13-16)31-25(27-15)29-23(30-31)17-8-6-12-20(32)14-17/h2-14,22,32H,1H3,(H,28,33)(H,27,29,30). The van der Waals surface area contributed by atoms with E-state index in [1.165, 1.54) is 0 Å². The molecule has 4 aromatic rings. The quantitative estimate of drug-likeness (QED) is 0.351. The predicted molar refractivity (Wildman–Crippen MR) is 131 cm³/mol. The number of anilines is 2. The third-order valence-electron chi connectivity index (χ3n) is 5.40. The SMILES string of the molecule is CC1=C(C(=O)Nc2ccccc2)C(c2cccc(Br)c2)n2nc(-c3cccc(O)c3)nc2N1. The summed E-state index contributed by atoms with van der Waals surface area (Å²) in [6.45, 7) is 1.86. The predicted octanol–water partition coefficient (Wildman–Crippen LogP) is 5.34. The summed E-state index contributed by atoms with van der Waals surface area (Å²) in [6, 6.07) is 23.4. The number of rotatable bonds is 4. The number of nitrogens with one attached hydrogen (secondary N) is 2. The zero-order valence-corrected chi connectivity index (χ0v) is 19.2. The summed E-state index contributed by atoms with van der Waals surface area (Å²) in [6.07, 6.45) is 0. The van der Waals surface area contributed by atoms with Crippen LogP contribution in [0.25, 0.3) is 11.4 Å². The molecule has 3 aromatic carbocycles. The first kappa shape index (κ1) is 21.0. The van der Waals surface area contributed by atoms with Gasteiger partial charge in [0.1, 0.15) is 11.8 Å². The number of phenolic OH excluding ortho intramolecular Hbond substituents is 1. The van der Waals surface area contributed by atoms with E-state index in [9.17, 15) is 9.90 Å². The van der Waals surface area contributed by atoms with Crippen LogP contribution >= 0.6 is 15.9 Å². The normalized spacial score (nSPS) is 15.0. The van der Waals surface area contributed by atoms with Crippen LogP contribution < -0.4 is 10.6 Å². The third kappa shape index (κ3) is 4.12. The van der Waals surface area contributed by atoms with Gasteiger partial charge < -0.3 is 15.7 Å². The van der Waals surface area contributed by atoms with Crippen LogP contribution in [0.3, 0.4) is 0 Å². The largest absolute Gasteiger partial charge is 0.508 e. The second-order valence-electron chi connectivity index (χ2n) is 7.70. The van der Waals surface area contributed by atoms with E-state index in [1.807, 2.05) is 67.6 Å². The number of hydrogen-bond donors (Lipinski definition) is 3. The van der Waals surface area contributed by atoms with Gasteiger partial charge in [-0.2, -0.15) is 4.98 Å². The zero-order valence-electron chi connectivity index (χ0n) is 17.7. The molecule has 1 aliphatic rings. The van der Waals surface area contributed by atoms with Crippen molar-refractivity contribution < 1.29 is 9.90 Å². The Morgan fingerprint density at radius 3 is 2.61 bits per heavy atom. The molecule has 33 heavy (non-hydrogen) atoms. The molecule has 0 saturated carbocycles. The maximum atomic E-state index is 13.5. The Balaban J connectivity index is 1.62. The number of phenols is 1. The summed E-state index contributed by atoms with van der Waals surface area (Å²) in [4.78, 5) is 18.1. The number of carbonyl (C=O) groups is 1. The molecule has 1 atom stereocenters. The summed E-state index contributed by atoms with van der Waals surface area (Å²) in [5, 5.41) is 20.8. The van der Waals surface area contributed by atoms with E-state index >= 15 is 0 Å². The molecule has 0 fully saturated rings. The number of benzene rings is 3. The van der Waals surface area contributed by atoms with E-state index in [0.717, 1.165) is 10.0 Å². The smallest absolute Gasteiger partial charge is 0.255 e. The Bertz CT molecular complexity index is 1380. The minimum atomic E-state index is -0.499. The number of amides is 1. The van der Waals surface area contributed by atoms with Crippen LogP contribution in [0.5, 0.6) is 5.75 Å². The van der Waals surface area contributed by atoms with Crippen LogP contribution in [0.4, 0.5) is 11.6 Å². The zero-order chi connectivity index (χ0) is 22.9. The first-order chi connectivity index (χ1) is 16.0. The summed E-state index contributed by atoms with van der Waals surface area (Å²) >= 11 is 3.54. The van der Waals surface area contributed by atoms with Gasteiger partial charge in [-0.05, 0) is 48.9 Å². The van der Waals surface area contributed by atoms with Gasteiger partial charge in [0, 0.05) is 21.4 Å². The Kier molecular flexibility index (Phi) is 5.43. The van der Waals surface area contributed by atoms with E-state index in [2.05, 4.69) is 31.5 Å². The third-order valence-corrected chi connectivity index (χ3v) is 5.89. The van der Waals surface area contributed by atoms with Crippen molar-refractivity contribution in [3.63, 3.8) is 0 Å². The molecule has 7 nitrogen and oxygen atoms in total. The average molecular weight is 502 g/mol. The molecular weight excluding hydrogens is 482 g/mol. The number of aromatic nitrogens is 3. The first-order valence-corrected chi connectivity index (χ1v) is 11.1. The monoisotopic (exact) mass is 501 g/mol. The summed E-state index contributed by atoms with van der Waals surface area (Å²) < 4.78 is 2.61. The van der Waals surface area contributed by atoms with Crippen molar-refractivity contribution in [2.45, 2.75) is 13.0 Å². The summed E-state index contributed by atoms with van der Waals surface area (Å²) in [5.41, 5.74) is 3.50. The number of hydrogen-bond acceptors (Lipinski definition) is 5. The molecule has 164 valence electrons. The van der Waals surface area contributed by atoms with Crippen molar-refractivity contribution in [2.24, 2.45) is 0 Å². The van der Waals surface area contributed by atoms with E-state index in [-0.39, 0.29) is 11.7 Å². The van der Waals surface area contributed by atoms with Gasteiger partial charge in [-0.25, -0.2) is 4.68 Å². The number of aromatic hydroxyl groups is 1. The number of carbonyl (C=O) groups excluding carboxylic acids is 1. The lowest BCUT2D eigenvalue weighted by Crippen LogP contribution is -2.31. The minimum Gasteiger partial charge on any atom is -0.508 e. The van der Waals surface area contributed by atoms with E-state index < -0.39 is 6.04 Å². The van der Waals surface area contributed by atoms with Gasteiger partial charge >= 0.3 is 0 Å². The molecular formula is C25H20BrN5O2. The molecule has 5 rings (SSSR count). The van der Waals surface area contributed by atoms with Crippen LogP contribution in [0.2, 0.25) is 0 Å². The lowest BCUT2D eigenvalue weighted by atomic mass is 9.95. The van der Waals surface area contributed by atoms with Crippen molar-refractivity contribution >= 4 is 33.5 Å². The topological polar surface area (TPSA) is 92.1 Å². The molecule has 2 heterocycles. The maximum absolute atomic E-state index is 13.5. The van der Waals surface area contributed by atoms with Crippen LogP contribution in [0, 0.1) is 0 Å². The van der Waals surface area contributed by atoms with E-state index in [1.54, 1.807) is 22.9 Å². The molecule has 0 spiro atoms. The fraction of sp³-hybridized carbons (Fsp3) is 0.0800. The minimum absolute atomic E-state index is 0.133. The van der Waals surface area contributed by atoms with Crippen LogP contribution in [0.1, 0.15) is 18.5 Å². The second kappa shape index (κ2) is 8.55. The molecule has 0 saturated heterocycles. The van der Waals surface area contributed by atoms with Gasteiger partial charge in [-0.3, -0.25) is 4.79 Å². The fourth-order valence-electron chi connectivity index (χ4n) is 3.92. The number of nitrogens with zero attached hydrogens (tertiary/aromatic N) is 3. The summed E-state index contributed by atoms with van der Waals surface area (Å²) in [5.74, 6) is 0.878. The van der Waals surface area contributed by atoms with Gasteiger partial charge in [0.25, 0.3) is 5.91 Å². The molecule has 1 unspecified atom stereocenters. The Labute approximate surface area is 198 Å². The molecule has 0 bridgehead atoms. The van der Waals surface area contributed by atoms with Gasteiger partial charge in [-0.15, -0.1) is 5.10 Å². The molecule has 1 aliphatic heterocycles. The van der Waals surface area contributed by atoms with Crippen LogP contribution in [-0.2, 0) is 4.79 Å². The first-order valence-electron chi connectivity index (χ1n) is 10.4. The molecule has 0 radical (unpaired) electrons. The van der Waals surface area contributed by atoms with Crippen LogP contribution in [0.15, 0.2) is 94.6 Å². The lowest BCUT2D eigenvalue weighted by molar-refractivity contribution is -0.113. The summed E-state index contributed by atoms with van der Waals surface area (Å²) in [7, 11) is 0. The van der Waals surface area contributed by atoms with Gasteiger partial charge in [0.05, 0.1) is 5.57 Å². The Hall–Kier alpha value is -3.91. The molecule has 0 aliphatic carbocycles. The number of para-hydroxylation sites is 1. The molecule has 1 aromatic heterocycles. The van der Waals surface area contributed by atoms with Gasteiger partial charge in [-0.1, -0.05) is 58.4 Å². The van der Waals surface area contributed by atoms with E-state index in [4.69, 9.17) is 5.10 Å². The number of halogens is 1. The van der Waals surface area contributed by atoms with Crippen molar-refractivity contribution in [3.05, 3.63) is 100 Å². The van der Waals surface area contributed by atoms with Crippen LogP contribution in [-0.4, -0.2) is 25.8 Å².